The van der Waals surface area contributed by atoms with Gasteiger partial charge in [0.05, 0.1) is 18.5 Å². The number of nitrogens with zero attached hydrogens (tertiary/aromatic N) is 1. The Hall–Kier alpha value is -1.31. The van der Waals surface area contributed by atoms with Gasteiger partial charge in [0.15, 0.2) is 0 Å². The second kappa shape index (κ2) is 8.21. The molecule has 2 aromatic rings. The molecule has 0 radical (unpaired) electrons. The third kappa shape index (κ3) is 4.33. The summed E-state index contributed by atoms with van der Waals surface area (Å²) in [6, 6.07) is 0.0544. The molecule has 6 nitrogen and oxygen atoms in total. The minimum atomic E-state index is -0.167. The molecule has 0 aliphatic heterocycles. The Balaban J connectivity index is 1.91. The molecule has 0 bridgehead atoms. The number of hydrogen-bond donors (Lipinski definition) is 4. The van der Waals surface area contributed by atoms with E-state index in [2.05, 4.69) is 27.2 Å². The Morgan fingerprint density at radius 1 is 1.48 bits per heavy atom. The van der Waals surface area contributed by atoms with Gasteiger partial charge in [-0.15, -0.1) is 0 Å². The number of hydrogen-bond acceptors (Lipinski definition) is 5. The van der Waals surface area contributed by atoms with Crippen molar-refractivity contribution in [2.45, 2.75) is 32.4 Å². The molecule has 0 unspecified atom stereocenters. The minimum absolute atomic E-state index is 0.0544. The van der Waals surface area contributed by atoms with Crippen molar-refractivity contribution in [2.75, 3.05) is 18.1 Å². The zero-order valence-corrected chi connectivity index (χ0v) is 13.0. The summed E-state index contributed by atoms with van der Waals surface area (Å²) in [7, 11) is 0. The highest BCUT2D eigenvalue weighted by Gasteiger charge is 2.11. The van der Waals surface area contributed by atoms with Crippen LogP contribution < -0.4 is 10.9 Å². The van der Waals surface area contributed by atoms with E-state index in [1.165, 1.54) is 19.2 Å². The van der Waals surface area contributed by atoms with Gasteiger partial charge in [0.1, 0.15) is 5.52 Å². The first-order valence-electron chi connectivity index (χ1n) is 7.21. The largest absolute Gasteiger partial charge is 0.395 e. The molecule has 0 fully saturated rings. The van der Waals surface area contributed by atoms with Gasteiger partial charge in [0.2, 0.25) is 0 Å². The van der Waals surface area contributed by atoms with Gasteiger partial charge in [-0.25, -0.2) is 4.98 Å². The van der Waals surface area contributed by atoms with Crippen LogP contribution in [0.15, 0.2) is 17.3 Å². The SMILES string of the molecule is CCCCSC[C@H](CO)NCc1c[nH]c2c(=O)[nH]cnc12. The molecule has 0 aromatic carbocycles. The topological polar surface area (TPSA) is 93.8 Å². The highest BCUT2D eigenvalue weighted by Crippen LogP contribution is 2.12. The zero-order valence-electron chi connectivity index (χ0n) is 12.2. The van der Waals surface area contributed by atoms with Crippen LogP contribution in [0.4, 0.5) is 0 Å². The average Bonchev–Trinajstić information content (AvgIpc) is 2.91. The maximum Gasteiger partial charge on any atom is 0.275 e. The lowest BCUT2D eigenvalue weighted by atomic mass is 10.2. The van der Waals surface area contributed by atoms with Crippen molar-refractivity contribution in [2.24, 2.45) is 0 Å². The maximum atomic E-state index is 11.6. The summed E-state index contributed by atoms with van der Waals surface area (Å²) in [6.45, 7) is 2.86. The van der Waals surface area contributed by atoms with Crippen molar-refractivity contribution < 1.29 is 5.11 Å². The number of aliphatic hydroxyl groups excluding tert-OH is 1. The van der Waals surface area contributed by atoms with Crippen LogP contribution >= 0.6 is 11.8 Å². The number of fused-ring (bicyclic) bond motifs is 1. The molecule has 7 heteroatoms. The lowest BCUT2D eigenvalue weighted by Crippen LogP contribution is -2.34. The van der Waals surface area contributed by atoms with Gasteiger partial charge in [-0.3, -0.25) is 4.79 Å². The van der Waals surface area contributed by atoms with E-state index in [1.54, 1.807) is 6.20 Å². The summed E-state index contributed by atoms with van der Waals surface area (Å²) in [5.74, 6) is 2.01. The van der Waals surface area contributed by atoms with E-state index >= 15 is 0 Å². The number of nitrogens with one attached hydrogen (secondary N) is 3. The standard InChI is InChI=1S/C14H22N4O2S/c1-2-3-4-21-8-11(7-19)15-5-10-6-16-13-12(10)17-9-18-14(13)20/h6,9,11,15-16,19H,2-5,7-8H2,1H3,(H,17,18,20)/t11-/m0/s1. The predicted octanol–water partition coefficient (Wildman–Crippen LogP) is 1.24. The second-order valence-electron chi connectivity index (χ2n) is 4.96. The Morgan fingerprint density at radius 3 is 3.10 bits per heavy atom. The number of thioether (sulfide) groups is 1. The highest BCUT2D eigenvalue weighted by atomic mass is 32.2. The third-order valence-corrected chi connectivity index (χ3v) is 4.53. The van der Waals surface area contributed by atoms with Gasteiger partial charge in [-0.05, 0) is 12.2 Å². The summed E-state index contributed by atoms with van der Waals surface area (Å²) in [5, 5.41) is 12.7. The molecule has 1 atom stereocenters. The van der Waals surface area contributed by atoms with Gasteiger partial charge in [-0.2, -0.15) is 11.8 Å². The molecule has 0 amide bonds. The summed E-state index contributed by atoms with van der Waals surface area (Å²) >= 11 is 1.85. The maximum absolute atomic E-state index is 11.6. The summed E-state index contributed by atoms with van der Waals surface area (Å²) in [6.07, 6.45) is 5.60. The van der Waals surface area contributed by atoms with E-state index in [9.17, 15) is 9.90 Å². The van der Waals surface area contributed by atoms with E-state index in [4.69, 9.17) is 0 Å². The first kappa shape index (κ1) is 16.1. The molecule has 21 heavy (non-hydrogen) atoms. The van der Waals surface area contributed by atoms with E-state index in [0.29, 0.717) is 17.6 Å². The minimum Gasteiger partial charge on any atom is -0.395 e. The molecule has 2 heterocycles. The van der Waals surface area contributed by atoms with Crippen LogP contribution in [0.25, 0.3) is 11.0 Å². The van der Waals surface area contributed by atoms with Crippen LogP contribution in [0.2, 0.25) is 0 Å². The van der Waals surface area contributed by atoms with Crippen molar-refractivity contribution in [3.8, 4) is 0 Å². The van der Waals surface area contributed by atoms with Crippen LogP contribution in [0.1, 0.15) is 25.3 Å². The van der Waals surface area contributed by atoms with Gasteiger partial charge >= 0.3 is 0 Å². The third-order valence-electron chi connectivity index (χ3n) is 3.31. The fraction of sp³-hybridized carbons (Fsp3) is 0.571. The van der Waals surface area contributed by atoms with E-state index in [-0.39, 0.29) is 18.2 Å². The van der Waals surface area contributed by atoms with Crippen LogP contribution in [0, 0.1) is 0 Å². The van der Waals surface area contributed by atoms with Crippen molar-refractivity contribution in [1.82, 2.24) is 20.3 Å². The number of H-pyrrole nitrogens is 2. The molecule has 2 aromatic heterocycles. The molecule has 0 aliphatic rings. The Morgan fingerprint density at radius 2 is 2.33 bits per heavy atom. The molecule has 2 rings (SSSR count). The average molecular weight is 310 g/mol. The molecule has 0 aliphatic carbocycles. The Bertz CT molecular complexity index is 610. The normalized spacial score (nSPS) is 12.9. The van der Waals surface area contributed by atoms with Crippen molar-refractivity contribution in [1.29, 1.82) is 0 Å². The lowest BCUT2D eigenvalue weighted by molar-refractivity contribution is 0.253. The number of rotatable bonds is 9. The van der Waals surface area contributed by atoms with Crippen molar-refractivity contribution in [3.63, 3.8) is 0 Å². The fourth-order valence-corrected chi connectivity index (χ4v) is 3.21. The van der Waals surface area contributed by atoms with Crippen molar-refractivity contribution >= 4 is 22.8 Å². The van der Waals surface area contributed by atoms with Crippen molar-refractivity contribution in [3.05, 3.63) is 28.4 Å². The first-order chi connectivity index (χ1) is 10.3. The Labute approximate surface area is 127 Å². The summed E-state index contributed by atoms with van der Waals surface area (Å²) in [5.41, 5.74) is 1.95. The van der Waals surface area contributed by atoms with Gasteiger partial charge < -0.3 is 20.4 Å². The molecule has 116 valence electrons. The van der Waals surface area contributed by atoms with Crippen LogP contribution in [0.3, 0.4) is 0 Å². The molecule has 4 N–H and O–H groups in total. The number of aliphatic hydroxyl groups is 1. The summed E-state index contributed by atoms with van der Waals surface area (Å²) in [4.78, 5) is 21.3. The lowest BCUT2D eigenvalue weighted by Gasteiger charge is -2.15. The highest BCUT2D eigenvalue weighted by molar-refractivity contribution is 7.99. The van der Waals surface area contributed by atoms with Crippen LogP contribution in [-0.4, -0.2) is 44.2 Å². The quantitative estimate of drug-likeness (QED) is 0.523. The molecular weight excluding hydrogens is 288 g/mol. The second-order valence-corrected chi connectivity index (χ2v) is 6.11. The van der Waals surface area contributed by atoms with Crippen LogP contribution in [-0.2, 0) is 6.54 Å². The van der Waals surface area contributed by atoms with Gasteiger partial charge in [0, 0.05) is 30.1 Å². The number of aromatic nitrogens is 3. The van der Waals surface area contributed by atoms with E-state index in [0.717, 1.165) is 17.1 Å². The molecule has 0 saturated heterocycles. The fourth-order valence-electron chi connectivity index (χ4n) is 2.04. The zero-order chi connectivity index (χ0) is 15.1. The van der Waals surface area contributed by atoms with Gasteiger partial charge in [-0.1, -0.05) is 13.3 Å². The van der Waals surface area contributed by atoms with Gasteiger partial charge in [0.25, 0.3) is 5.56 Å². The monoisotopic (exact) mass is 310 g/mol. The smallest absolute Gasteiger partial charge is 0.275 e. The molecule has 0 saturated carbocycles. The first-order valence-corrected chi connectivity index (χ1v) is 8.37. The molecular formula is C14H22N4O2S. The number of unbranched alkanes of at least 4 members (excludes halogenated alkanes) is 1. The Kier molecular flexibility index (Phi) is 6.28. The predicted molar refractivity (Wildman–Crippen MR) is 86.7 cm³/mol. The van der Waals surface area contributed by atoms with E-state index in [1.807, 2.05) is 11.8 Å². The van der Waals surface area contributed by atoms with E-state index < -0.39 is 0 Å². The number of aromatic amines is 2. The summed E-state index contributed by atoms with van der Waals surface area (Å²) < 4.78 is 0. The van der Waals surface area contributed by atoms with Crippen LogP contribution in [0.5, 0.6) is 0 Å². The molecule has 0 spiro atoms.